The first-order chi connectivity index (χ1) is 11.0. The summed E-state index contributed by atoms with van der Waals surface area (Å²) in [5.41, 5.74) is 6.36. The monoisotopic (exact) mass is 364 g/mol. The van der Waals surface area contributed by atoms with Gasteiger partial charge in [0.1, 0.15) is 0 Å². The lowest BCUT2D eigenvalue weighted by molar-refractivity contribution is -0.159. The molecular formula is C13H15F3N4O3S. The van der Waals surface area contributed by atoms with Gasteiger partial charge < -0.3 is 10.3 Å². The van der Waals surface area contributed by atoms with E-state index in [1.165, 1.54) is 38.1 Å². The van der Waals surface area contributed by atoms with Crippen molar-refractivity contribution in [1.29, 1.82) is 0 Å². The lowest BCUT2D eigenvalue weighted by Gasteiger charge is -2.16. The van der Waals surface area contributed by atoms with Crippen LogP contribution in [0.1, 0.15) is 31.5 Å². The number of aromatic nitrogens is 2. The Bertz CT molecular complexity index is 818. The summed E-state index contributed by atoms with van der Waals surface area (Å²) < 4.78 is 67.6. The van der Waals surface area contributed by atoms with E-state index < -0.39 is 33.5 Å². The number of benzene rings is 1. The predicted molar refractivity (Wildman–Crippen MR) is 78.9 cm³/mol. The molecular weight excluding hydrogens is 349 g/mol. The third kappa shape index (κ3) is 4.10. The average molecular weight is 364 g/mol. The van der Waals surface area contributed by atoms with Crippen LogP contribution in [0.3, 0.4) is 0 Å². The molecule has 2 aromatic rings. The zero-order valence-corrected chi connectivity index (χ0v) is 13.5. The first-order valence-electron chi connectivity index (χ1n) is 6.78. The summed E-state index contributed by atoms with van der Waals surface area (Å²) in [5.74, 6) is -1.74. The quantitative estimate of drug-likeness (QED) is 0.786. The summed E-state index contributed by atoms with van der Waals surface area (Å²) in [6.45, 7) is 2.98. The van der Waals surface area contributed by atoms with Crippen molar-refractivity contribution >= 4 is 10.0 Å². The molecule has 0 aliphatic rings. The molecule has 0 saturated carbocycles. The van der Waals surface area contributed by atoms with Crippen molar-refractivity contribution in [1.82, 2.24) is 14.9 Å². The molecule has 1 aromatic carbocycles. The Kier molecular flexibility index (Phi) is 4.97. The molecule has 0 saturated heterocycles. The maximum atomic E-state index is 12.5. The molecule has 0 aliphatic heterocycles. The number of rotatable bonds is 5. The van der Waals surface area contributed by atoms with Crippen molar-refractivity contribution in [2.45, 2.75) is 31.4 Å². The highest BCUT2D eigenvalue weighted by Crippen LogP contribution is 2.29. The molecule has 1 unspecified atom stereocenters. The zero-order valence-electron chi connectivity index (χ0n) is 12.7. The third-order valence-corrected chi connectivity index (χ3v) is 4.91. The standard InChI is InChI=1S/C13H15F3N4O3S/c1-7(2)24(21,22)20-10(17)8-4-3-5-9(6-8)11-18-12(23-19-11)13(14,15)16/h3-7,10,20H,17H2,1-2H3. The number of alkyl halides is 3. The molecule has 132 valence electrons. The largest absolute Gasteiger partial charge is 0.471 e. The number of halogens is 3. The van der Waals surface area contributed by atoms with E-state index in [2.05, 4.69) is 19.4 Å². The number of sulfonamides is 1. The van der Waals surface area contributed by atoms with Gasteiger partial charge in [0.15, 0.2) is 0 Å². The second-order valence-electron chi connectivity index (χ2n) is 5.24. The van der Waals surface area contributed by atoms with E-state index in [0.717, 1.165) is 0 Å². The van der Waals surface area contributed by atoms with Crippen LogP contribution in [0.15, 0.2) is 28.8 Å². The fourth-order valence-electron chi connectivity index (χ4n) is 1.71. The molecule has 1 atom stereocenters. The molecule has 0 bridgehead atoms. The maximum Gasteiger partial charge on any atom is 0.471 e. The van der Waals surface area contributed by atoms with Crippen LogP contribution in [0.4, 0.5) is 13.2 Å². The summed E-state index contributed by atoms with van der Waals surface area (Å²) in [4.78, 5) is 3.27. The molecule has 3 N–H and O–H groups in total. The van der Waals surface area contributed by atoms with Gasteiger partial charge in [0.05, 0.1) is 11.4 Å². The van der Waals surface area contributed by atoms with Gasteiger partial charge in [-0.15, -0.1) is 0 Å². The highest BCUT2D eigenvalue weighted by Gasteiger charge is 2.38. The molecule has 1 aromatic heterocycles. The maximum absolute atomic E-state index is 12.5. The van der Waals surface area contributed by atoms with Crippen LogP contribution in [0.2, 0.25) is 0 Å². The zero-order chi connectivity index (χ0) is 18.1. The first-order valence-corrected chi connectivity index (χ1v) is 8.33. The molecule has 0 amide bonds. The summed E-state index contributed by atoms with van der Waals surface area (Å²) in [6.07, 6.45) is -5.81. The van der Waals surface area contributed by atoms with Crippen LogP contribution in [0.25, 0.3) is 11.4 Å². The SMILES string of the molecule is CC(C)S(=O)(=O)NC(N)c1cccc(-c2noc(C(F)(F)F)n2)c1. The minimum Gasteiger partial charge on any atom is -0.329 e. The van der Waals surface area contributed by atoms with Gasteiger partial charge in [0.2, 0.25) is 15.8 Å². The van der Waals surface area contributed by atoms with Crippen molar-refractivity contribution in [3.63, 3.8) is 0 Å². The van der Waals surface area contributed by atoms with Gasteiger partial charge in [-0.1, -0.05) is 23.4 Å². The molecule has 24 heavy (non-hydrogen) atoms. The molecule has 11 heteroatoms. The van der Waals surface area contributed by atoms with E-state index in [1.807, 2.05) is 0 Å². The third-order valence-electron chi connectivity index (χ3n) is 3.08. The van der Waals surface area contributed by atoms with E-state index >= 15 is 0 Å². The summed E-state index contributed by atoms with van der Waals surface area (Å²) in [6, 6.07) is 5.87. The van der Waals surface area contributed by atoms with E-state index in [0.29, 0.717) is 5.56 Å². The van der Waals surface area contributed by atoms with Gasteiger partial charge in [-0.3, -0.25) is 0 Å². The van der Waals surface area contributed by atoms with Crippen molar-refractivity contribution in [3.05, 3.63) is 35.7 Å². The van der Waals surface area contributed by atoms with Gasteiger partial charge in [-0.25, -0.2) is 8.42 Å². The Balaban J connectivity index is 2.28. The Hall–Kier alpha value is -1.98. The van der Waals surface area contributed by atoms with Crippen LogP contribution in [0, 0.1) is 0 Å². The molecule has 0 spiro atoms. The number of nitrogens with one attached hydrogen (secondary N) is 1. The van der Waals surface area contributed by atoms with Gasteiger partial charge in [0.25, 0.3) is 0 Å². The van der Waals surface area contributed by atoms with Gasteiger partial charge >= 0.3 is 12.1 Å². The minimum absolute atomic E-state index is 0.214. The topological polar surface area (TPSA) is 111 Å². The molecule has 0 aliphatic carbocycles. The van der Waals surface area contributed by atoms with Crippen molar-refractivity contribution in [2.75, 3.05) is 0 Å². The second-order valence-corrected chi connectivity index (χ2v) is 7.50. The molecule has 0 radical (unpaired) electrons. The van der Waals surface area contributed by atoms with E-state index in [9.17, 15) is 21.6 Å². The average Bonchev–Trinajstić information content (AvgIpc) is 2.96. The van der Waals surface area contributed by atoms with Crippen LogP contribution in [-0.4, -0.2) is 23.8 Å². The number of hydrogen-bond acceptors (Lipinski definition) is 6. The lowest BCUT2D eigenvalue weighted by atomic mass is 10.1. The van der Waals surface area contributed by atoms with Crippen LogP contribution >= 0.6 is 0 Å². The van der Waals surface area contributed by atoms with Crippen molar-refractivity contribution in [2.24, 2.45) is 5.73 Å². The Morgan fingerprint density at radius 2 is 1.96 bits per heavy atom. The number of nitrogens with two attached hydrogens (primary N) is 1. The molecule has 2 rings (SSSR count). The summed E-state index contributed by atoms with van der Waals surface area (Å²) in [5, 5.41) is 2.59. The normalized spacial score (nSPS) is 14.1. The van der Waals surface area contributed by atoms with Crippen molar-refractivity contribution in [3.8, 4) is 11.4 Å². The Morgan fingerprint density at radius 1 is 1.29 bits per heavy atom. The van der Waals surface area contributed by atoms with Crippen LogP contribution in [0.5, 0.6) is 0 Å². The molecule has 7 nitrogen and oxygen atoms in total. The second kappa shape index (κ2) is 6.49. The summed E-state index contributed by atoms with van der Waals surface area (Å²) in [7, 11) is -3.61. The first kappa shape index (κ1) is 18.4. The van der Waals surface area contributed by atoms with E-state index in [4.69, 9.17) is 5.73 Å². The van der Waals surface area contributed by atoms with Gasteiger partial charge in [-0.2, -0.15) is 22.9 Å². The van der Waals surface area contributed by atoms with E-state index in [-0.39, 0.29) is 11.4 Å². The number of nitrogens with zero attached hydrogens (tertiary/aromatic N) is 2. The highest BCUT2D eigenvalue weighted by atomic mass is 32.2. The predicted octanol–water partition coefficient (Wildman–Crippen LogP) is 2.04. The summed E-state index contributed by atoms with van der Waals surface area (Å²) >= 11 is 0. The lowest BCUT2D eigenvalue weighted by Crippen LogP contribution is -2.38. The fraction of sp³-hybridized carbons (Fsp3) is 0.385. The highest BCUT2D eigenvalue weighted by molar-refractivity contribution is 7.90. The molecule has 0 fully saturated rings. The Morgan fingerprint density at radius 3 is 2.50 bits per heavy atom. The smallest absolute Gasteiger partial charge is 0.329 e. The van der Waals surface area contributed by atoms with Crippen LogP contribution < -0.4 is 10.5 Å². The minimum atomic E-state index is -4.74. The van der Waals surface area contributed by atoms with Gasteiger partial charge in [-0.05, 0) is 25.5 Å². The van der Waals surface area contributed by atoms with Crippen molar-refractivity contribution < 1.29 is 26.1 Å². The van der Waals surface area contributed by atoms with Crippen LogP contribution in [-0.2, 0) is 16.2 Å². The van der Waals surface area contributed by atoms with E-state index in [1.54, 1.807) is 0 Å². The fourth-order valence-corrected chi connectivity index (χ4v) is 2.47. The number of hydrogen-bond donors (Lipinski definition) is 2. The molecule has 1 heterocycles. The Labute approximate surface area is 136 Å². The van der Waals surface area contributed by atoms with Gasteiger partial charge in [0, 0.05) is 5.56 Å².